The van der Waals surface area contributed by atoms with Crippen LogP contribution < -0.4 is 10.2 Å². The summed E-state index contributed by atoms with van der Waals surface area (Å²) < 4.78 is 35.8. The Hall–Kier alpha value is -1.79. The second-order valence-electron chi connectivity index (χ2n) is 3.99. The normalized spacial score (nSPS) is 11.2. The number of nitrogens with one attached hydrogen (secondary N) is 1. The van der Waals surface area contributed by atoms with Gasteiger partial charge in [-0.05, 0) is 17.7 Å². The van der Waals surface area contributed by atoms with E-state index in [1.165, 1.54) is 0 Å². The van der Waals surface area contributed by atoms with Crippen molar-refractivity contribution >= 4 is 11.7 Å². The van der Waals surface area contributed by atoms with E-state index in [-0.39, 0.29) is 6.54 Å². The summed E-state index contributed by atoms with van der Waals surface area (Å²) in [5, 5.41) is 2.22. The largest absolute Gasteiger partial charge is 0.397 e. The number of nitrogens with zero attached hydrogens (tertiary/aromatic N) is 2. The van der Waals surface area contributed by atoms with Crippen LogP contribution in [0, 0.1) is 0 Å². The second kappa shape index (κ2) is 5.70. The third-order valence-corrected chi connectivity index (χ3v) is 2.12. The number of aromatic nitrogens is 1. The van der Waals surface area contributed by atoms with E-state index >= 15 is 0 Å². The van der Waals surface area contributed by atoms with Crippen LogP contribution in [0.1, 0.15) is 12.0 Å². The number of alkyl halides is 3. The Kier molecular flexibility index (Phi) is 4.52. The van der Waals surface area contributed by atoms with Crippen molar-refractivity contribution in [1.29, 1.82) is 0 Å². The summed E-state index contributed by atoms with van der Waals surface area (Å²) in [6, 6.07) is 3.34. The van der Waals surface area contributed by atoms with E-state index in [4.69, 9.17) is 0 Å². The minimum absolute atomic E-state index is 0.0538. The molecular formula is C11H14F3N3O. The van der Waals surface area contributed by atoms with Crippen molar-refractivity contribution in [3.8, 4) is 0 Å². The molecule has 1 heterocycles. The smallest absolute Gasteiger partial charge is 0.363 e. The zero-order valence-corrected chi connectivity index (χ0v) is 10.1. The fraction of sp³-hybridized carbons (Fsp3) is 0.455. The van der Waals surface area contributed by atoms with Crippen molar-refractivity contribution in [2.45, 2.75) is 19.1 Å². The van der Waals surface area contributed by atoms with E-state index < -0.39 is 18.5 Å². The highest BCUT2D eigenvalue weighted by Gasteiger charge is 2.30. The number of carbonyl (C=O) groups is 1. The lowest BCUT2D eigenvalue weighted by molar-refractivity contribution is -0.153. The lowest BCUT2D eigenvalue weighted by Gasteiger charge is -2.12. The Morgan fingerprint density at radius 2 is 2.11 bits per heavy atom. The van der Waals surface area contributed by atoms with E-state index in [1.54, 1.807) is 37.3 Å². The number of hydrogen-bond acceptors (Lipinski definition) is 3. The maximum atomic E-state index is 11.9. The molecule has 0 aliphatic carbocycles. The van der Waals surface area contributed by atoms with Crippen molar-refractivity contribution in [3.05, 3.63) is 23.9 Å². The number of anilines is 1. The summed E-state index contributed by atoms with van der Waals surface area (Å²) in [6.07, 6.45) is -4.39. The number of hydrogen-bond donors (Lipinski definition) is 1. The molecule has 0 unspecified atom stereocenters. The minimum Gasteiger partial charge on any atom is -0.363 e. The number of amides is 1. The van der Waals surface area contributed by atoms with Gasteiger partial charge in [-0.25, -0.2) is 4.98 Å². The SMILES string of the molecule is CN(C)c1cc(CNC(=O)CC(F)(F)F)ccn1. The maximum Gasteiger partial charge on any atom is 0.397 e. The van der Waals surface area contributed by atoms with Crippen molar-refractivity contribution in [2.24, 2.45) is 0 Å². The molecule has 4 nitrogen and oxygen atoms in total. The van der Waals surface area contributed by atoms with Crippen molar-refractivity contribution < 1.29 is 18.0 Å². The topological polar surface area (TPSA) is 45.2 Å². The first-order valence-electron chi connectivity index (χ1n) is 5.23. The molecule has 0 bridgehead atoms. The lowest BCUT2D eigenvalue weighted by Crippen LogP contribution is -2.28. The molecule has 0 aliphatic heterocycles. The predicted octanol–water partition coefficient (Wildman–Crippen LogP) is 1.72. The second-order valence-corrected chi connectivity index (χ2v) is 3.99. The summed E-state index contributed by atoms with van der Waals surface area (Å²) in [5.41, 5.74) is 0.698. The highest BCUT2D eigenvalue weighted by Crippen LogP contribution is 2.19. The molecule has 7 heteroatoms. The molecule has 1 rings (SSSR count). The third kappa shape index (κ3) is 5.03. The molecule has 0 spiro atoms. The summed E-state index contributed by atoms with van der Waals surface area (Å²) in [6.45, 7) is 0.0538. The van der Waals surface area contributed by atoms with Crippen LogP contribution in [0.5, 0.6) is 0 Å². The molecular weight excluding hydrogens is 247 g/mol. The molecule has 0 radical (unpaired) electrons. The van der Waals surface area contributed by atoms with Crippen LogP contribution in [0.4, 0.5) is 19.0 Å². The van der Waals surface area contributed by atoms with Crippen LogP contribution in [-0.4, -0.2) is 31.2 Å². The van der Waals surface area contributed by atoms with Gasteiger partial charge in [-0.15, -0.1) is 0 Å². The van der Waals surface area contributed by atoms with E-state index in [0.29, 0.717) is 11.4 Å². The van der Waals surface area contributed by atoms with Gasteiger partial charge in [-0.3, -0.25) is 4.79 Å². The van der Waals surface area contributed by atoms with Gasteiger partial charge in [-0.1, -0.05) is 0 Å². The van der Waals surface area contributed by atoms with E-state index in [2.05, 4.69) is 10.3 Å². The van der Waals surface area contributed by atoms with Gasteiger partial charge in [0.1, 0.15) is 12.2 Å². The van der Waals surface area contributed by atoms with Crippen LogP contribution in [0.3, 0.4) is 0 Å². The third-order valence-electron chi connectivity index (χ3n) is 2.12. The molecule has 100 valence electrons. The van der Waals surface area contributed by atoms with E-state index in [9.17, 15) is 18.0 Å². The summed E-state index contributed by atoms with van der Waals surface area (Å²) in [4.78, 5) is 16.8. The Morgan fingerprint density at radius 3 is 2.67 bits per heavy atom. The number of halogens is 3. The van der Waals surface area contributed by atoms with Crippen molar-refractivity contribution in [1.82, 2.24) is 10.3 Å². The molecule has 0 atom stereocenters. The van der Waals surface area contributed by atoms with Gasteiger partial charge in [0, 0.05) is 26.8 Å². The molecule has 0 fully saturated rings. The first-order valence-corrected chi connectivity index (χ1v) is 5.23. The lowest BCUT2D eigenvalue weighted by atomic mass is 10.2. The van der Waals surface area contributed by atoms with Crippen LogP contribution in [0.15, 0.2) is 18.3 Å². The first kappa shape index (κ1) is 14.3. The van der Waals surface area contributed by atoms with E-state index in [0.717, 1.165) is 0 Å². The Labute approximate surface area is 103 Å². The van der Waals surface area contributed by atoms with Gasteiger partial charge in [0.05, 0.1) is 0 Å². The molecule has 0 aromatic carbocycles. The average molecular weight is 261 g/mol. The van der Waals surface area contributed by atoms with Gasteiger partial charge in [0.25, 0.3) is 0 Å². The minimum atomic E-state index is -4.48. The Morgan fingerprint density at radius 1 is 1.44 bits per heavy atom. The molecule has 0 saturated carbocycles. The number of rotatable bonds is 4. The van der Waals surface area contributed by atoms with Crippen molar-refractivity contribution in [2.75, 3.05) is 19.0 Å². The maximum absolute atomic E-state index is 11.9. The van der Waals surface area contributed by atoms with Crippen LogP contribution in [-0.2, 0) is 11.3 Å². The van der Waals surface area contributed by atoms with Gasteiger partial charge < -0.3 is 10.2 Å². The molecule has 18 heavy (non-hydrogen) atoms. The van der Waals surface area contributed by atoms with Crippen LogP contribution >= 0.6 is 0 Å². The quantitative estimate of drug-likeness (QED) is 0.897. The van der Waals surface area contributed by atoms with Crippen molar-refractivity contribution in [3.63, 3.8) is 0 Å². The summed E-state index contributed by atoms with van der Waals surface area (Å²) in [5.74, 6) is -0.358. The van der Waals surface area contributed by atoms with Gasteiger partial charge in [0.15, 0.2) is 0 Å². The number of pyridine rings is 1. The van der Waals surface area contributed by atoms with Crippen LogP contribution in [0.2, 0.25) is 0 Å². The Bertz CT molecular complexity index is 418. The monoisotopic (exact) mass is 261 g/mol. The summed E-state index contributed by atoms with van der Waals surface area (Å²) in [7, 11) is 3.60. The highest BCUT2D eigenvalue weighted by molar-refractivity contribution is 5.76. The van der Waals surface area contributed by atoms with Crippen LogP contribution in [0.25, 0.3) is 0 Å². The fourth-order valence-electron chi connectivity index (χ4n) is 1.26. The number of carbonyl (C=O) groups excluding carboxylic acids is 1. The van der Waals surface area contributed by atoms with Gasteiger partial charge >= 0.3 is 6.18 Å². The Balaban J connectivity index is 2.53. The predicted molar refractivity (Wildman–Crippen MR) is 61.1 cm³/mol. The first-order chi connectivity index (χ1) is 8.28. The standard InChI is InChI=1S/C11H14F3N3O/c1-17(2)9-5-8(3-4-15-9)7-16-10(18)6-11(12,13)14/h3-5H,6-7H2,1-2H3,(H,16,18). The molecule has 1 aromatic rings. The highest BCUT2D eigenvalue weighted by atomic mass is 19.4. The summed E-state index contributed by atoms with van der Waals surface area (Å²) >= 11 is 0. The van der Waals surface area contributed by atoms with E-state index in [1.807, 2.05) is 0 Å². The zero-order chi connectivity index (χ0) is 13.8. The fourth-order valence-corrected chi connectivity index (χ4v) is 1.26. The molecule has 1 amide bonds. The molecule has 1 aromatic heterocycles. The van der Waals surface area contributed by atoms with Gasteiger partial charge in [0.2, 0.25) is 5.91 Å². The molecule has 0 saturated heterocycles. The molecule has 0 aliphatic rings. The molecule has 1 N–H and O–H groups in total. The average Bonchev–Trinajstić information content (AvgIpc) is 2.24. The zero-order valence-electron chi connectivity index (χ0n) is 10.1. The van der Waals surface area contributed by atoms with Gasteiger partial charge in [-0.2, -0.15) is 13.2 Å².